The number of nitrogens with zero attached hydrogens (tertiary/aromatic N) is 1. The number of aryl methyl sites for hydroxylation is 1. The van der Waals surface area contributed by atoms with Crippen LogP contribution in [0.1, 0.15) is 25.2 Å². The highest BCUT2D eigenvalue weighted by Crippen LogP contribution is 2.24. The summed E-state index contributed by atoms with van der Waals surface area (Å²) in [6.45, 7) is 9.15. The second kappa shape index (κ2) is 8.58. The summed E-state index contributed by atoms with van der Waals surface area (Å²) in [5.74, 6) is 2.24. The Bertz CT molecular complexity index is 647. The highest BCUT2D eigenvalue weighted by atomic mass is 16.5. The molecular formula is C18H27N3O2. The Kier molecular flexibility index (Phi) is 6.47. The molecule has 1 aromatic heterocycles. The summed E-state index contributed by atoms with van der Waals surface area (Å²) < 4.78 is 11.4. The summed E-state index contributed by atoms with van der Waals surface area (Å²) in [5, 5.41) is 7.68. The first kappa shape index (κ1) is 17.3. The van der Waals surface area contributed by atoms with Crippen LogP contribution in [0.5, 0.6) is 0 Å². The quantitative estimate of drug-likeness (QED) is 0.468. The van der Waals surface area contributed by atoms with Crippen LogP contribution < -0.4 is 10.6 Å². The van der Waals surface area contributed by atoms with Crippen LogP contribution in [0.3, 0.4) is 0 Å². The molecule has 5 nitrogen and oxygen atoms in total. The van der Waals surface area contributed by atoms with Gasteiger partial charge in [0.15, 0.2) is 5.96 Å². The van der Waals surface area contributed by atoms with Crippen molar-refractivity contribution in [3.63, 3.8) is 0 Å². The van der Waals surface area contributed by atoms with Gasteiger partial charge < -0.3 is 19.8 Å². The minimum atomic E-state index is 0.559. The fourth-order valence-corrected chi connectivity index (χ4v) is 2.34. The molecule has 0 bridgehead atoms. The Labute approximate surface area is 138 Å². The summed E-state index contributed by atoms with van der Waals surface area (Å²) >= 11 is 0. The van der Waals surface area contributed by atoms with Crippen molar-refractivity contribution in [2.24, 2.45) is 10.9 Å². The lowest BCUT2D eigenvalue weighted by Crippen LogP contribution is -2.38. The van der Waals surface area contributed by atoms with Gasteiger partial charge in [-0.1, -0.05) is 32.0 Å². The van der Waals surface area contributed by atoms with Crippen LogP contribution in [0, 0.1) is 12.8 Å². The van der Waals surface area contributed by atoms with Crippen molar-refractivity contribution in [2.45, 2.75) is 27.3 Å². The van der Waals surface area contributed by atoms with Crippen molar-refractivity contribution >= 4 is 16.9 Å². The molecular weight excluding hydrogens is 290 g/mol. The van der Waals surface area contributed by atoms with E-state index in [1.54, 1.807) is 7.05 Å². The van der Waals surface area contributed by atoms with Crippen LogP contribution in [0.4, 0.5) is 0 Å². The van der Waals surface area contributed by atoms with Gasteiger partial charge in [0.2, 0.25) is 0 Å². The average molecular weight is 317 g/mol. The molecule has 0 radical (unpaired) electrons. The molecule has 0 saturated heterocycles. The molecule has 0 atom stereocenters. The van der Waals surface area contributed by atoms with E-state index in [4.69, 9.17) is 9.15 Å². The highest BCUT2D eigenvalue weighted by Gasteiger charge is 2.10. The minimum absolute atomic E-state index is 0.559. The summed E-state index contributed by atoms with van der Waals surface area (Å²) in [6.07, 6.45) is 0. The lowest BCUT2D eigenvalue weighted by Gasteiger charge is -2.12. The first-order valence-corrected chi connectivity index (χ1v) is 8.11. The molecule has 23 heavy (non-hydrogen) atoms. The molecule has 0 unspecified atom stereocenters. The number of furan rings is 1. The Morgan fingerprint density at radius 3 is 2.74 bits per heavy atom. The molecule has 0 fully saturated rings. The number of rotatable bonds is 7. The fourth-order valence-electron chi connectivity index (χ4n) is 2.34. The monoisotopic (exact) mass is 317 g/mol. The first-order chi connectivity index (χ1) is 11.1. The molecule has 2 aromatic rings. The third-order valence-electron chi connectivity index (χ3n) is 3.57. The van der Waals surface area contributed by atoms with E-state index < -0.39 is 0 Å². The third-order valence-corrected chi connectivity index (χ3v) is 3.57. The number of ether oxygens (including phenoxy) is 1. The van der Waals surface area contributed by atoms with Crippen LogP contribution in [0.2, 0.25) is 0 Å². The van der Waals surface area contributed by atoms with E-state index in [9.17, 15) is 0 Å². The van der Waals surface area contributed by atoms with Gasteiger partial charge in [-0.25, -0.2) is 0 Å². The van der Waals surface area contributed by atoms with Gasteiger partial charge in [-0.2, -0.15) is 0 Å². The average Bonchev–Trinajstić information content (AvgIpc) is 2.86. The molecule has 2 rings (SSSR count). The predicted octanol–water partition coefficient (Wildman–Crippen LogP) is 3.08. The second-order valence-corrected chi connectivity index (χ2v) is 5.97. The van der Waals surface area contributed by atoms with Crippen molar-refractivity contribution in [1.29, 1.82) is 0 Å². The van der Waals surface area contributed by atoms with E-state index in [0.717, 1.165) is 35.8 Å². The molecule has 0 aliphatic rings. The van der Waals surface area contributed by atoms with Gasteiger partial charge in [-0.05, 0) is 18.9 Å². The molecule has 0 spiro atoms. The maximum atomic E-state index is 5.89. The van der Waals surface area contributed by atoms with Gasteiger partial charge in [-0.15, -0.1) is 0 Å². The van der Waals surface area contributed by atoms with Gasteiger partial charge in [0, 0.05) is 31.1 Å². The molecule has 0 aliphatic carbocycles. The number of benzene rings is 1. The number of hydrogen-bond donors (Lipinski definition) is 2. The summed E-state index contributed by atoms with van der Waals surface area (Å²) in [7, 11) is 1.76. The van der Waals surface area contributed by atoms with E-state index in [1.807, 2.05) is 18.2 Å². The van der Waals surface area contributed by atoms with Gasteiger partial charge >= 0.3 is 0 Å². The largest absolute Gasteiger partial charge is 0.459 e. The molecule has 1 aromatic carbocycles. The molecule has 1 heterocycles. The van der Waals surface area contributed by atoms with E-state index in [0.29, 0.717) is 19.1 Å². The van der Waals surface area contributed by atoms with Gasteiger partial charge in [-0.3, -0.25) is 4.99 Å². The maximum absolute atomic E-state index is 5.89. The Balaban J connectivity index is 1.82. The first-order valence-electron chi connectivity index (χ1n) is 8.11. The summed E-state index contributed by atoms with van der Waals surface area (Å²) in [4.78, 5) is 4.22. The van der Waals surface area contributed by atoms with Gasteiger partial charge in [0.25, 0.3) is 0 Å². The predicted molar refractivity (Wildman–Crippen MR) is 94.8 cm³/mol. The molecule has 2 N–H and O–H groups in total. The SMILES string of the molecule is CN=C(NCCOCC(C)C)NCc1oc2ccccc2c1C. The molecule has 126 valence electrons. The number of guanidine groups is 1. The van der Waals surface area contributed by atoms with E-state index >= 15 is 0 Å². The van der Waals surface area contributed by atoms with Crippen LogP contribution in [-0.4, -0.2) is 32.8 Å². The summed E-state index contributed by atoms with van der Waals surface area (Å²) in [6, 6.07) is 8.08. The molecule has 0 amide bonds. The van der Waals surface area contributed by atoms with Crippen molar-refractivity contribution in [2.75, 3.05) is 26.8 Å². The smallest absolute Gasteiger partial charge is 0.191 e. The molecule has 0 aliphatic heterocycles. The van der Waals surface area contributed by atoms with Crippen LogP contribution in [0.15, 0.2) is 33.7 Å². The Morgan fingerprint density at radius 2 is 2.04 bits per heavy atom. The van der Waals surface area contributed by atoms with Crippen molar-refractivity contribution in [3.05, 3.63) is 35.6 Å². The number of aliphatic imine (C=N–C) groups is 1. The zero-order valence-corrected chi connectivity index (χ0v) is 14.5. The van der Waals surface area contributed by atoms with Crippen molar-refractivity contribution in [1.82, 2.24) is 10.6 Å². The number of fused-ring (bicyclic) bond motifs is 1. The maximum Gasteiger partial charge on any atom is 0.191 e. The molecule has 0 saturated carbocycles. The van der Waals surface area contributed by atoms with E-state index in [1.165, 1.54) is 5.56 Å². The van der Waals surface area contributed by atoms with E-state index in [-0.39, 0.29) is 0 Å². The van der Waals surface area contributed by atoms with Crippen LogP contribution in [0.25, 0.3) is 11.0 Å². The van der Waals surface area contributed by atoms with Crippen LogP contribution in [-0.2, 0) is 11.3 Å². The van der Waals surface area contributed by atoms with Crippen molar-refractivity contribution < 1.29 is 9.15 Å². The second-order valence-electron chi connectivity index (χ2n) is 5.97. The standard InChI is InChI=1S/C18H27N3O2/c1-13(2)12-22-10-9-20-18(19-4)21-11-17-14(3)15-7-5-6-8-16(15)23-17/h5-8,13H,9-12H2,1-4H3,(H2,19,20,21). The van der Waals surface area contributed by atoms with Gasteiger partial charge in [0.1, 0.15) is 11.3 Å². The van der Waals surface area contributed by atoms with E-state index in [2.05, 4.69) is 42.5 Å². The zero-order valence-electron chi connectivity index (χ0n) is 14.5. The van der Waals surface area contributed by atoms with Crippen molar-refractivity contribution in [3.8, 4) is 0 Å². The third kappa shape index (κ3) is 4.99. The van der Waals surface area contributed by atoms with Crippen LogP contribution >= 0.6 is 0 Å². The topological polar surface area (TPSA) is 58.8 Å². The normalized spacial score (nSPS) is 12.1. The highest BCUT2D eigenvalue weighted by molar-refractivity contribution is 5.82. The molecule has 5 heteroatoms. The zero-order chi connectivity index (χ0) is 16.7. The summed E-state index contributed by atoms with van der Waals surface area (Å²) in [5.41, 5.74) is 2.09. The Morgan fingerprint density at radius 1 is 1.26 bits per heavy atom. The fraction of sp³-hybridized carbons (Fsp3) is 0.500. The lowest BCUT2D eigenvalue weighted by molar-refractivity contribution is 0.114. The minimum Gasteiger partial charge on any atom is -0.459 e. The Hall–Kier alpha value is -2.01. The number of nitrogens with one attached hydrogen (secondary N) is 2. The number of hydrogen-bond acceptors (Lipinski definition) is 3. The number of para-hydroxylation sites is 1. The van der Waals surface area contributed by atoms with Gasteiger partial charge in [0.05, 0.1) is 13.2 Å². The lowest BCUT2D eigenvalue weighted by atomic mass is 10.1.